The van der Waals surface area contributed by atoms with E-state index in [9.17, 15) is 9.59 Å². The van der Waals surface area contributed by atoms with Gasteiger partial charge in [0.1, 0.15) is 6.61 Å². The minimum Gasteiger partial charge on any atom is -0.466 e. The first-order valence-electron chi connectivity index (χ1n) is 4.56. The highest BCUT2D eigenvalue weighted by molar-refractivity contribution is 5.87. The predicted octanol–water partition coefficient (Wildman–Crippen LogP) is 1.45. The molecule has 0 aromatic rings. The molecule has 80 valence electrons. The van der Waals surface area contributed by atoms with Crippen LogP contribution in [0, 0.1) is 0 Å². The molecule has 4 nitrogen and oxygen atoms in total. The summed E-state index contributed by atoms with van der Waals surface area (Å²) in [6.45, 7) is 7.34. The van der Waals surface area contributed by atoms with Gasteiger partial charge in [-0.1, -0.05) is 13.5 Å². The fraction of sp³-hybridized carbons (Fsp3) is 0.600. The van der Waals surface area contributed by atoms with Crippen LogP contribution in [0.3, 0.4) is 0 Å². The van der Waals surface area contributed by atoms with Crippen molar-refractivity contribution in [1.82, 2.24) is 0 Å². The Hall–Kier alpha value is -1.32. The van der Waals surface area contributed by atoms with Crippen LogP contribution in [0.25, 0.3) is 0 Å². The second-order valence-electron chi connectivity index (χ2n) is 2.89. The topological polar surface area (TPSA) is 52.6 Å². The number of ether oxygens (including phenoxy) is 2. The summed E-state index contributed by atoms with van der Waals surface area (Å²) >= 11 is 0. The molecule has 0 aliphatic rings. The number of hydrogen-bond donors (Lipinski definition) is 0. The van der Waals surface area contributed by atoms with Crippen molar-refractivity contribution in [3.05, 3.63) is 12.2 Å². The van der Waals surface area contributed by atoms with Crippen molar-refractivity contribution in [3.63, 3.8) is 0 Å². The second-order valence-corrected chi connectivity index (χ2v) is 2.89. The van der Waals surface area contributed by atoms with Gasteiger partial charge in [-0.25, -0.2) is 4.79 Å². The van der Waals surface area contributed by atoms with E-state index in [1.165, 1.54) is 0 Å². The Balaban J connectivity index is 3.49. The fourth-order valence-corrected chi connectivity index (χ4v) is 0.638. The minimum absolute atomic E-state index is 0.0498. The maximum absolute atomic E-state index is 10.9. The molecule has 14 heavy (non-hydrogen) atoms. The number of carbonyl (C=O) groups excluding carboxylic acids is 2. The third-order valence-electron chi connectivity index (χ3n) is 1.35. The summed E-state index contributed by atoms with van der Waals surface area (Å²) < 4.78 is 9.50. The first-order chi connectivity index (χ1) is 6.57. The molecule has 0 rings (SSSR count). The molecular formula is C10H16O4. The van der Waals surface area contributed by atoms with Crippen molar-refractivity contribution in [2.24, 2.45) is 0 Å². The van der Waals surface area contributed by atoms with E-state index in [2.05, 4.69) is 6.58 Å². The summed E-state index contributed by atoms with van der Waals surface area (Å²) in [6, 6.07) is 0. The van der Waals surface area contributed by atoms with E-state index in [0.717, 1.165) is 6.42 Å². The van der Waals surface area contributed by atoms with Gasteiger partial charge in [0.25, 0.3) is 0 Å². The van der Waals surface area contributed by atoms with E-state index < -0.39 is 5.97 Å². The highest BCUT2D eigenvalue weighted by Crippen LogP contribution is 1.95. The molecule has 0 bridgehead atoms. The van der Waals surface area contributed by atoms with Crippen LogP contribution in [0.4, 0.5) is 0 Å². The van der Waals surface area contributed by atoms with Crippen LogP contribution in [0.15, 0.2) is 12.2 Å². The lowest BCUT2D eigenvalue weighted by Gasteiger charge is -2.04. The van der Waals surface area contributed by atoms with Gasteiger partial charge < -0.3 is 9.47 Å². The molecule has 0 aromatic heterocycles. The second kappa shape index (κ2) is 7.12. The van der Waals surface area contributed by atoms with Crippen molar-refractivity contribution < 1.29 is 19.1 Å². The van der Waals surface area contributed by atoms with E-state index in [0.29, 0.717) is 12.2 Å². The number of rotatable bonds is 6. The lowest BCUT2D eigenvalue weighted by Crippen LogP contribution is -2.12. The molecular weight excluding hydrogens is 184 g/mol. The van der Waals surface area contributed by atoms with Crippen LogP contribution in [-0.4, -0.2) is 25.2 Å². The maximum Gasteiger partial charge on any atom is 0.333 e. The summed E-state index contributed by atoms with van der Waals surface area (Å²) in [5, 5.41) is 0. The highest BCUT2D eigenvalue weighted by atomic mass is 16.5. The van der Waals surface area contributed by atoms with E-state index >= 15 is 0 Å². The molecule has 0 saturated carbocycles. The predicted molar refractivity (Wildman–Crippen MR) is 51.6 cm³/mol. The summed E-state index contributed by atoms with van der Waals surface area (Å²) in [4.78, 5) is 21.8. The van der Waals surface area contributed by atoms with Crippen LogP contribution < -0.4 is 0 Å². The standard InChI is InChI=1S/C10H16O4/c1-4-6-13-9(11)5-7-14-10(12)8(2)3/h2,4-7H2,1,3H3. The Morgan fingerprint density at radius 3 is 2.36 bits per heavy atom. The minimum atomic E-state index is -0.478. The molecule has 0 aliphatic heterocycles. The molecule has 0 fully saturated rings. The molecule has 4 heteroatoms. The largest absolute Gasteiger partial charge is 0.466 e. The molecule has 0 aromatic carbocycles. The average Bonchev–Trinajstić information content (AvgIpc) is 2.14. The van der Waals surface area contributed by atoms with Crippen molar-refractivity contribution in [2.45, 2.75) is 26.7 Å². The van der Waals surface area contributed by atoms with Gasteiger partial charge in [0.15, 0.2) is 0 Å². The molecule has 0 amide bonds. The summed E-state index contributed by atoms with van der Waals surface area (Å²) in [5.74, 6) is -0.824. The molecule has 0 unspecified atom stereocenters. The third-order valence-corrected chi connectivity index (χ3v) is 1.35. The Bertz CT molecular complexity index is 220. The molecule has 0 N–H and O–H groups in total. The summed E-state index contributed by atoms with van der Waals surface area (Å²) in [5.41, 5.74) is 0.326. The SMILES string of the molecule is C=C(C)C(=O)OCCC(=O)OCCC. The molecule has 0 atom stereocenters. The van der Waals surface area contributed by atoms with Crippen molar-refractivity contribution in [3.8, 4) is 0 Å². The maximum atomic E-state index is 10.9. The third kappa shape index (κ3) is 6.22. The number of carbonyl (C=O) groups is 2. The van der Waals surface area contributed by atoms with E-state index in [1.54, 1.807) is 6.92 Å². The quantitative estimate of drug-likeness (QED) is 0.481. The zero-order valence-corrected chi connectivity index (χ0v) is 8.67. The van der Waals surface area contributed by atoms with Crippen LogP contribution >= 0.6 is 0 Å². The number of hydrogen-bond acceptors (Lipinski definition) is 4. The average molecular weight is 200 g/mol. The molecule has 0 aliphatic carbocycles. The van der Waals surface area contributed by atoms with Gasteiger partial charge in [0.2, 0.25) is 0 Å². The van der Waals surface area contributed by atoms with E-state index in [-0.39, 0.29) is 19.0 Å². The first kappa shape index (κ1) is 12.7. The van der Waals surface area contributed by atoms with Gasteiger partial charge in [-0.05, 0) is 13.3 Å². The van der Waals surface area contributed by atoms with Crippen LogP contribution in [0.5, 0.6) is 0 Å². The fourth-order valence-electron chi connectivity index (χ4n) is 0.638. The summed E-state index contributed by atoms with van der Waals surface area (Å²) in [6.07, 6.45) is 0.885. The van der Waals surface area contributed by atoms with Gasteiger partial charge in [0, 0.05) is 5.57 Å². The van der Waals surface area contributed by atoms with Gasteiger partial charge >= 0.3 is 11.9 Å². The molecule has 0 saturated heterocycles. The van der Waals surface area contributed by atoms with Gasteiger partial charge in [-0.15, -0.1) is 0 Å². The molecule has 0 radical (unpaired) electrons. The van der Waals surface area contributed by atoms with E-state index in [4.69, 9.17) is 9.47 Å². The lowest BCUT2D eigenvalue weighted by molar-refractivity contribution is -0.147. The Labute approximate surface area is 83.9 Å². The normalized spacial score (nSPS) is 9.29. The zero-order valence-electron chi connectivity index (χ0n) is 8.67. The van der Waals surface area contributed by atoms with Crippen molar-refractivity contribution >= 4 is 11.9 Å². The molecule has 0 heterocycles. The lowest BCUT2D eigenvalue weighted by atomic mass is 10.4. The van der Waals surface area contributed by atoms with Crippen LogP contribution in [0.1, 0.15) is 26.7 Å². The van der Waals surface area contributed by atoms with Gasteiger partial charge in [0.05, 0.1) is 13.0 Å². The van der Waals surface area contributed by atoms with Gasteiger partial charge in [-0.3, -0.25) is 4.79 Å². The Morgan fingerprint density at radius 2 is 1.86 bits per heavy atom. The Kier molecular flexibility index (Phi) is 6.45. The van der Waals surface area contributed by atoms with E-state index in [1.807, 2.05) is 6.92 Å². The van der Waals surface area contributed by atoms with Crippen LogP contribution in [0.2, 0.25) is 0 Å². The highest BCUT2D eigenvalue weighted by Gasteiger charge is 2.06. The monoisotopic (exact) mass is 200 g/mol. The van der Waals surface area contributed by atoms with Crippen molar-refractivity contribution in [2.75, 3.05) is 13.2 Å². The first-order valence-corrected chi connectivity index (χ1v) is 4.56. The smallest absolute Gasteiger partial charge is 0.333 e. The van der Waals surface area contributed by atoms with Crippen molar-refractivity contribution in [1.29, 1.82) is 0 Å². The summed E-state index contributed by atoms with van der Waals surface area (Å²) in [7, 11) is 0. The number of esters is 2. The Morgan fingerprint density at radius 1 is 1.21 bits per heavy atom. The van der Waals surface area contributed by atoms with Crippen LogP contribution in [-0.2, 0) is 19.1 Å². The molecule has 0 spiro atoms. The van der Waals surface area contributed by atoms with Gasteiger partial charge in [-0.2, -0.15) is 0 Å². The zero-order chi connectivity index (χ0) is 11.0.